The minimum atomic E-state index is 0.986. The van der Waals surface area contributed by atoms with E-state index in [9.17, 15) is 0 Å². The Morgan fingerprint density at radius 2 is 2.07 bits per heavy atom. The molecule has 2 aromatic rings. The molecule has 1 aromatic carbocycles. The fourth-order valence-electron chi connectivity index (χ4n) is 1.42. The maximum absolute atomic E-state index is 4.00. The van der Waals surface area contributed by atoms with E-state index in [0.29, 0.717) is 0 Å². The highest BCUT2D eigenvalue weighted by Gasteiger charge is 2.01. The number of aromatic nitrogens is 2. The Balaban J connectivity index is 2.05. The second kappa shape index (κ2) is 4.94. The first-order valence-electron chi connectivity index (χ1n) is 4.67. The zero-order valence-electron chi connectivity index (χ0n) is 8.00. The predicted octanol–water partition coefficient (Wildman–Crippen LogP) is 3.72. The number of aromatic amines is 1. The molecule has 0 aliphatic heterocycles. The van der Waals surface area contributed by atoms with Crippen molar-refractivity contribution in [2.24, 2.45) is 0 Å². The van der Waals surface area contributed by atoms with E-state index in [4.69, 9.17) is 0 Å². The van der Waals surface area contributed by atoms with Crippen molar-refractivity contribution >= 4 is 31.9 Å². The summed E-state index contributed by atoms with van der Waals surface area (Å²) >= 11 is 7.00. The zero-order valence-corrected chi connectivity index (χ0v) is 11.2. The van der Waals surface area contributed by atoms with Crippen molar-refractivity contribution in [1.29, 1.82) is 0 Å². The van der Waals surface area contributed by atoms with Crippen molar-refractivity contribution in [2.45, 2.75) is 12.8 Å². The van der Waals surface area contributed by atoms with Crippen molar-refractivity contribution in [2.75, 3.05) is 0 Å². The van der Waals surface area contributed by atoms with Crippen molar-refractivity contribution < 1.29 is 0 Å². The molecule has 4 heteroatoms. The van der Waals surface area contributed by atoms with Gasteiger partial charge in [-0.25, -0.2) is 4.98 Å². The summed E-state index contributed by atoms with van der Waals surface area (Å²) in [5.41, 5.74) is 2.48. The number of hydrogen-bond acceptors (Lipinski definition) is 1. The van der Waals surface area contributed by atoms with Crippen molar-refractivity contribution in [1.82, 2.24) is 9.97 Å². The number of imidazole rings is 1. The first-order valence-corrected chi connectivity index (χ1v) is 6.25. The van der Waals surface area contributed by atoms with Crippen LogP contribution in [0.25, 0.3) is 0 Å². The third-order valence-corrected chi connectivity index (χ3v) is 3.47. The lowest BCUT2D eigenvalue weighted by Gasteiger charge is -2.03. The number of rotatable bonds is 3. The molecular formula is C11H10Br2N2. The van der Waals surface area contributed by atoms with E-state index in [1.54, 1.807) is 6.33 Å². The molecule has 0 bridgehead atoms. The zero-order chi connectivity index (χ0) is 10.7. The molecule has 2 rings (SSSR count). The Bertz CT molecular complexity index is 438. The summed E-state index contributed by atoms with van der Waals surface area (Å²) in [7, 11) is 0. The smallest absolute Gasteiger partial charge is 0.0921 e. The Morgan fingerprint density at radius 3 is 2.73 bits per heavy atom. The predicted molar refractivity (Wildman–Crippen MR) is 67.8 cm³/mol. The van der Waals surface area contributed by atoms with E-state index in [1.807, 2.05) is 6.20 Å². The number of nitrogens with zero attached hydrogens (tertiary/aromatic N) is 1. The highest BCUT2D eigenvalue weighted by Crippen LogP contribution is 2.22. The van der Waals surface area contributed by atoms with Gasteiger partial charge in [0.25, 0.3) is 0 Å². The van der Waals surface area contributed by atoms with Gasteiger partial charge in [0.05, 0.1) is 6.33 Å². The highest BCUT2D eigenvalue weighted by atomic mass is 79.9. The van der Waals surface area contributed by atoms with Crippen LogP contribution in [-0.2, 0) is 12.8 Å². The summed E-state index contributed by atoms with van der Waals surface area (Å²) in [6.07, 6.45) is 5.58. The first-order chi connectivity index (χ1) is 7.25. The summed E-state index contributed by atoms with van der Waals surface area (Å²) in [6.45, 7) is 0. The summed E-state index contributed by atoms with van der Waals surface area (Å²) < 4.78 is 2.25. The normalized spacial score (nSPS) is 10.5. The van der Waals surface area contributed by atoms with Gasteiger partial charge in [0.1, 0.15) is 0 Å². The van der Waals surface area contributed by atoms with Crippen molar-refractivity contribution in [3.8, 4) is 0 Å². The Morgan fingerprint density at radius 1 is 1.20 bits per heavy atom. The van der Waals surface area contributed by atoms with Crippen LogP contribution in [-0.4, -0.2) is 9.97 Å². The summed E-state index contributed by atoms with van der Waals surface area (Å²) in [5.74, 6) is 0. The molecule has 0 saturated heterocycles. The largest absolute Gasteiger partial charge is 0.348 e. The molecule has 78 valence electrons. The molecule has 1 aromatic heterocycles. The van der Waals surface area contributed by atoms with Crippen LogP contribution in [0.3, 0.4) is 0 Å². The second-order valence-corrected chi connectivity index (χ2v) is 5.08. The number of halogens is 2. The fourth-order valence-corrected chi connectivity index (χ4v) is 2.66. The monoisotopic (exact) mass is 328 g/mol. The highest BCUT2D eigenvalue weighted by molar-refractivity contribution is 9.11. The van der Waals surface area contributed by atoms with Crippen molar-refractivity contribution in [3.05, 3.63) is 50.9 Å². The van der Waals surface area contributed by atoms with Crippen molar-refractivity contribution in [3.63, 3.8) is 0 Å². The van der Waals surface area contributed by atoms with E-state index in [1.165, 1.54) is 11.3 Å². The van der Waals surface area contributed by atoms with E-state index >= 15 is 0 Å². The minimum Gasteiger partial charge on any atom is -0.348 e. The molecule has 0 amide bonds. The lowest BCUT2D eigenvalue weighted by molar-refractivity contribution is 0.920. The Hall–Kier alpha value is -0.610. The van der Waals surface area contributed by atoms with Gasteiger partial charge >= 0.3 is 0 Å². The molecule has 0 atom stereocenters. The SMILES string of the molecule is Brc1ccc(CCc2cnc[nH]2)c(Br)c1. The van der Waals surface area contributed by atoms with Crippen LogP contribution in [0.5, 0.6) is 0 Å². The van der Waals surface area contributed by atoms with E-state index in [0.717, 1.165) is 21.8 Å². The van der Waals surface area contributed by atoms with Gasteiger partial charge in [-0.1, -0.05) is 37.9 Å². The number of benzene rings is 1. The van der Waals surface area contributed by atoms with Gasteiger partial charge in [-0.15, -0.1) is 0 Å². The van der Waals surface area contributed by atoms with E-state index in [-0.39, 0.29) is 0 Å². The van der Waals surface area contributed by atoms with Crippen LogP contribution >= 0.6 is 31.9 Å². The van der Waals surface area contributed by atoms with Gasteiger partial charge in [0, 0.05) is 20.8 Å². The molecular weight excluding hydrogens is 320 g/mol. The summed E-state index contributed by atoms with van der Waals surface area (Å²) in [6, 6.07) is 6.26. The van der Waals surface area contributed by atoms with Crippen LogP contribution in [0.4, 0.5) is 0 Å². The molecule has 1 N–H and O–H groups in total. The summed E-state index contributed by atoms with van der Waals surface area (Å²) in [4.78, 5) is 7.10. The molecule has 0 spiro atoms. The van der Waals surface area contributed by atoms with Crippen LogP contribution in [0, 0.1) is 0 Å². The molecule has 0 fully saturated rings. The van der Waals surface area contributed by atoms with Crippen LogP contribution in [0.15, 0.2) is 39.7 Å². The first kappa shape index (κ1) is 10.9. The number of hydrogen-bond donors (Lipinski definition) is 1. The Kier molecular flexibility index (Phi) is 3.59. The van der Waals surface area contributed by atoms with E-state index in [2.05, 4.69) is 60.0 Å². The van der Waals surface area contributed by atoms with Crippen LogP contribution in [0.2, 0.25) is 0 Å². The van der Waals surface area contributed by atoms with Gasteiger partial charge in [-0.05, 0) is 30.5 Å². The second-order valence-electron chi connectivity index (χ2n) is 3.31. The Labute approximate surface area is 105 Å². The molecule has 0 radical (unpaired) electrons. The van der Waals surface area contributed by atoms with Gasteiger partial charge in [0.15, 0.2) is 0 Å². The summed E-state index contributed by atoms with van der Waals surface area (Å²) in [5, 5.41) is 0. The van der Waals surface area contributed by atoms with Gasteiger partial charge in [-0.3, -0.25) is 0 Å². The molecule has 15 heavy (non-hydrogen) atoms. The minimum absolute atomic E-state index is 0.986. The molecule has 2 nitrogen and oxygen atoms in total. The lowest BCUT2D eigenvalue weighted by atomic mass is 10.1. The molecule has 0 aliphatic rings. The molecule has 0 aliphatic carbocycles. The fraction of sp³-hybridized carbons (Fsp3) is 0.182. The topological polar surface area (TPSA) is 28.7 Å². The third-order valence-electron chi connectivity index (χ3n) is 2.23. The maximum Gasteiger partial charge on any atom is 0.0921 e. The van der Waals surface area contributed by atoms with Gasteiger partial charge in [-0.2, -0.15) is 0 Å². The third kappa shape index (κ3) is 2.92. The number of aryl methyl sites for hydroxylation is 2. The van der Waals surface area contributed by atoms with Gasteiger partial charge < -0.3 is 4.98 Å². The van der Waals surface area contributed by atoms with Crippen LogP contribution < -0.4 is 0 Å². The quantitative estimate of drug-likeness (QED) is 0.913. The molecule has 0 unspecified atom stereocenters. The standard InChI is InChI=1S/C11H10Br2N2/c12-9-3-1-8(11(13)5-9)2-4-10-6-14-7-15-10/h1,3,5-7H,2,4H2,(H,14,15). The average Bonchev–Trinajstić information content (AvgIpc) is 2.69. The van der Waals surface area contributed by atoms with E-state index < -0.39 is 0 Å². The van der Waals surface area contributed by atoms with Crippen LogP contribution in [0.1, 0.15) is 11.3 Å². The lowest BCUT2D eigenvalue weighted by Crippen LogP contribution is -1.92. The molecule has 0 saturated carbocycles. The molecule has 1 heterocycles. The number of H-pyrrole nitrogens is 1. The number of nitrogens with one attached hydrogen (secondary N) is 1. The maximum atomic E-state index is 4.00. The van der Waals surface area contributed by atoms with Gasteiger partial charge in [0.2, 0.25) is 0 Å². The average molecular weight is 330 g/mol.